The number of esters is 1. The fourth-order valence-corrected chi connectivity index (χ4v) is 3.85. The maximum Gasteiger partial charge on any atom is 0.337 e. The zero-order valence-electron chi connectivity index (χ0n) is 16.5. The average Bonchev–Trinajstić information content (AvgIpc) is 3.27. The van der Waals surface area contributed by atoms with Gasteiger partial charge in [0.2, 0.25) is 0 Å². The van der Waals surface area contributed by atoms with E-state index in [1.165, 1.54) is 7.11 Å². The molecular formula is C22H21N3O5. The molecule has 0 saturated carbocycles. The molecule has 1 aromatic heterocycles. The molecule has 0 aliphatic carbocycles. The van der Waals surface area contributed by atoms with E-state index in [4.69, 9.17) is 4.74 Å². The number of phenols is 1. The van der Waals surface area contributed by atoms with Crippen molar-refractivity contribution < 1.29 is 24.5 Å². The molecule has 2 aromatic carbocycles. The van der Waals surface area contributed by atoms with Crippen LogP contribution in [0.2, 0.25) is 0 Å². The van der Waals surface area contributed by atoms with Crippen LogP contribution in [0.3, 0.4) is 0 Å². The van der Waals surface area contributed by atoms with Gasteiger partial charge in [-0.15, -0.1) is 0 Å². The number of hydrogen-bond acceptors (Lipinski definition) is 6. The molecule has 154 valence electrons. The lowest BCUT2D eigenvalue weighted by molar-refractivity contribution is 0.0599. The Morgan fingerprint density at radius 2 is 1.97 bits per heavy atom. The molecule has 3 N–H and O–H groups in total. The van der Waals surface area contributed by atoms with Gasteiger partial charge in [0.05, 0.1) is 25.3 Å². The maximum atomic E-state index is 13.0. The molecule has 4 rings (SSSR count). The van der Waals surface area contributed by atoms with Gasteiger partial charge in [0.1, 0.15) is 17.1 Å². The summed E-state index contributed by atoms with van der Waals surface area (Å²) < 4.78 is 4.74. The van der Waals surface area contributed by atoms with Crippen molar-refractivity contribution >= 4 is 11.9 Å². The Bertz CT molecular complexity index is 1120. The molecule has 3 aromatic rings. The third kappa shape index (κ3) is 3.11. The number of β-amino-alcohol motifs (C(OH)–C–C–N with tert-alkyl or cyclic N) is 1. The second-order valence-corrected chi connectivity index (χ2v) is 7.12. The monoisotopic (exact) mass is 407 g/mol. The number of ether oxygens (including phenoxy) is 1. The van der Waals surface area contributed by atoms with Gasteiger partial charge >= 0.3 is 5.97 Å². The van der Waals surface area contributed by atoms with Crippen LogP contribution in [0.25, 0.3) is 11.3 Å². The lowest BCUT2D eigenvalue weighted by Crippen LogP contribution is -2.32. The first-order chi connectivity index (χ1) is 14.5. The number of fused-ring (bicyclic) bond motifs is 1. The van der Waals surface area contributed by atoms with E-state index in [2.05, 4.69) is 10.2 Å². The number of amides is 1. The Hall–Kier alpha value is -3.65. The van der Waals surface area contributed by atoms with E-state index in [-0.39, 0.29) is 24.8 Å². The number of aromatic hydroxyl groups is 1. The molecule has 0 saturated heterocycles. The predicted octanol–water partition coefficient (Wildman–Crippen LogP) is 2.41. The summed E-state index contributed by atoms with van der Waals surface area (Å²) in [6, 6.07) is 11.5. The van der Waals surface area contributed by atoms with E-state index in [1.54, 1.807) is 41.3 Å². The number of aromatic nitrogens is 2. The minimum atomic E-state index is -0.527. The molecule has 0 fully saturated rings. The van der Waals surface area contributed by atoms with E-state index < -0.39 is 12.0 Å². The number of aliphatic hydroxyl groups is 1. The van der Waals surface area contributed by atoms with Gasteiger partial charge in [0.25, 0.3) is 5.91 Å². The molecule has 1 atom stereocenters. The van der Waals surface area contributed by atoms with Crippen molar-refractivity contribution in [3.8, 4) is 17.0 Å². The number of aromatic amines is 1. The quantitative estimate of drug-likeness (QED) is 0.560. The number of carbonyl (C=O) groups excluding carboxylic acids is 2. The first-order valence-corrected chi connectivity index (χ1v) is 9.44. The van der Waals surface area contributed by atoms with Crippen LogP contribution >= 0.6 is 0 Å². The summed E-state index contributed by atoms with van der Waals surface area (Å²) in [4.78, 5) is 26.3. The van der Waals surface area contributed by atoms with Crippen molar-refractivity contribution in [1.82, 2.24) is 15.1 Å². The number of benzene rings is 2. The molecule has 1 amide bonds. The number of methoxy groups -OCH3 is 1. The largest absolute Gasteiger partial charge is 0.507 e. The number of hydrogen-bond donors (Lipinski definition) is 3. The summed E-state index contributed by atoms with van der Waals surface area (Å²) in [7, 11) is 1.31. The molecule has 1 aliphatic heterocycles. The number of nitrogens with one attached hydrogen (secondary N) is 1. The Morgan fingerprint density at radius 3 is 2.60 bits per heavy atom. The normalized spacial score (nSPS) is 15.4. The van der Waals surface area contributed by atoms with Crippen LogP contribution in [0.15, 0.2) is 42.5 Å². The van der Waals surface area contributed by atoms with Crippen LogP contribution in [0.5, 0.6) is 5.75 Å². The Balaban J connectivity index is 1.85. The molecule has 0 radical (unpaired) electrons. The van der Waals surface area contributed by atoms with Crippen molar-refractivity contribution in [2.75, 3.05) is 20.3 Å². The zero-order valence-corrected chi connectivity index (χ0v) is 16.5. The van der Waals surface area contributed by atoms with Gasteiger partial charge in [-0.25, -0.2) is 4.79 Å². The summed E-state index contributed by atoms with van der Waals surface area (Å²) in [5, 5.41) is 27.1. The first kappa shape index (κ1) is 19.7. The number of rotatable bonds is 5. The van der Waals surface area contributed by atoms with E-state index in [1.807, 2.05) is 13.0 Å². The van der Waals surface area contributed by atoms with Gasteiger partial charge in [-0.3, -0.25) is 9.89 Å². The van der Waals surface area contributed by atoms with Crippen molar-refractivity contribution in [3.63, 3.8) is 0 Å². The summed E-state index contributed by atoms with van der Waals surface area (Å²) >= 11 is 0. The fourth-order valence-electron chi connectivity index (χ4n) is 3.85. The minimum Gasteiger partial charge on any atom is -0.507 e. The van der Waals surface area contributed by atoms with E-state index in [0.717, 1.165) is 11.1 Å². The zero-order chi connectivity index (χ0) is 21.4. The third-order valence-electron chi connectivity index (χ3n) is 5.26. The SMILES string of the molecule is COC(=O)c1ccc(C2c3c(-c4ccc(C)cc4O)n[nH]c3C(=O)N2CCO)cc1. The van der Waals surface area contributed by atoms with Crippen LogP contribution in [0.1, 0.15) is 43.6 Å². The van der Waals surface area contributed by atoms with Crippen molar-refractivity contribution in [3.05, 3.63) is 70.4 Å². The van der Waals surface area contributed by atoms with E-state index >= 15 is 0 Å². The molecule has 2 heterocycles. The topological polar surface area (TPSA) is 116 Å². The minimum absolute atomic E-state index is 0.0668. The predicted molar refractivity (Wildman–Crippen MR) is 108 cm³/mol. The van der Waals surface area contributed by atoms with E-state index in [0.29, 0.717) is 28.1 Å². The molecule has 0 spiro atoms. The van der Waals surface area contributed by atoms with Crippen LogP contribution in [-0.2, 0) is 4.74 Å². The highest BCUT2D eigenvalue weighted by molar-refractivity contribution is 6.00. The number of phenolic OH excluding ortho intramolecular Hbond substituents is 1. The van der Waals surface area contributed by atoms with Gasteiger partial charge < -0.3 is 19.8 Å². The molecule has 8 heteroatoms. The molecular weight excluding hydrogens is 386 g/mol. The lowest BCUT2D eigenvalue weighted by atomic mass is 9.94. The van der Waals surface area contributed by atoms with Crippen LogP contribution in [0, 0.1) is 6.92 Å². The Morgan fingerprint density at radius 1 is 1.23 bits per heavy atom. The Labute approximate surface area is 172 Å². The molecule has 1 aliphatic rings. The van der Waals surface area contributed by atoms with Crippen LogP contribution in [0.4, 0.5) is 0 Å². The van der Waals surface area contributed by atoms with Crippen molar-refractivity contribution in [2.24, 2.45) is 0 Å². The highest BCUT2D eigenvalue weighted by Gasteiger charge is 2.42. The second kappa shape index (κ2) is 7.64. The number of aliphatic hydroxyl groups excluding tert-OH is 1. The number of aryl methyl sites for hydroxylation is 1. The number of carbonyl (C=O) groups is 2. The second-order valence-electron chi connectivity index (χ2n) is 7.12. The van der Waals surface area contributed by atoms with Gasteiger partial charge in [-0.2, -0.15) is 5.10 Å². The van der Waals surface area contributed by atoms with E-state index in [9.17, 15) is 19.8 Å². The van der Waals surface area contributed by atoms with Crippen molar-refractivity contribution in [2.45, 2.75) is 13.0 Å². The van der Waals surface area contributed by atoms with Gasteiger partial charge in [-0.05, 0) is 42.3 Å². The highest BCUT2D eigenvalue weighted by Crippen LogP contribution is 2.44. The average molecular weight is 407 g/mol. The fraction of sp³-hybridized carbons (Fsp3) is 0.227. The van der Waals surface area contributed by atoms with Crippen molar-refractivity contribution in [1.29, 1.82) is 0 Å². The van der Waals surface area contributed by atoms with Gasteiger partial charge in [0, 0.05) is 17.7 Å². The lowest BCUT2D eigenvalue weighted by Gasteiger charge is -2.25. The Kier molecular flexibility index (Phi) is 5.01. The number of nitrogens with zero attached hydrogens (tertiary/aromatic N) is 2. The summed E-state index contributed by atoms with van der Waals surface area (Å²) in [6.07, 6.45) is 0. The molecule has 30 heavy (non-hydrogen) atoms. The summed E-state index contributed by atoms with van der Waals surface area (Å²) in [6.45, 7) is 1.80. The standard InChI is InChI=1S/C22H21N3O5/c1-12-3-8-15(16(27)11-12)18-17-19(24-23-18)21(28)25(9-10-26)20(17)13-4-6-14(7-5-13)22(29)30-2/h3-8,11,20,26-27H,9-10H2,1-2H3,(H,23,24). The summed E-state index contributed by atoms with van der Waals surface area (Å²) in [5.74, 6) is -0.672. The molecule has 8 nitrogen and oxygen atoms in total. The van der Waals surface area contributed by atoms with Crippen LogP contribution in [-0.4, -0.2) is 57.4 Å². The summed E-state index contributed by atoms with van der Waals surface area (Å²) in [5.41, 5.74) is 3.96. The van der Waals surface area contributed by atoms with Gasteiger partial charge in [-0.1, -0.05) is 18.2 Å². The molecule has 0 bridgehead atoms. The third-order valence-corrected chi connectivity index (χ3v) is 5.26. The molecule has 1 unspecified atom stereocenters. The maximum absolute atomic E-state index is 13.0. The van der Waals surface area contributed by atoms with Gasteiger partial charge in [0.15, 0.2) is 0 Å². The smallest absolute Gasteiger partial charge is 0.337 e. The number of H-pyrrole nitrogens is 1. The first-order valence-electron chi connectivity index (χ1n) is 9.44. The van der Waals surface area contributed by atoms with Crippen LogP contribution < -0.4 is 0 Å². The highest BCUT2D eigenvalue weighted by atomic mass is 16.5.